The Balaban J connectivity index is 2.34. The van der Waals surface area contributed by atoms with Gasteiger partial charge in [0.1, 0.15) is 5.84 Å². The Morgan fingerprint density at radius 2 is 2.05 bits per heavy atom. The molecule has 1 fully saturated rings. The van der Waals surface area contributed by atoms with E-state index >= 15 is 0 Å². The van der Waals surface area contributed by atoms with Gasteiger partial charge in [0.25, 0.3) is 0 Å². The molecule has 2 rings (SSSR count). The molecular formula is C15H20F3N3. The molecule has 0 atom stereocenters. The molecule has 1 aromatic carbocycles. The SMILES string of the molecule is CCN(CC1CCC1)c1ccc(C(F)(F)F)cc1C(=N)N. The molecule has 1 aromatic rings. The Morgan fingerprint density at radius 1 is 1.38 bits per heavy atom. The van der Waals surface area contributed by atoms with Gasteiger partial charge in [0.05, 0.1) is 5.56 Å². The molecule has 0 bridgehead atoms. The second kappa shape index (κ2) is 5.95. The summed E-state index contributed by atoms with van der Waals surface area (Å²) in [7, 11) is 0. The number of nitrogens with zero attached hydrogens (tertiary/aromatic N) is 1. The van der Waals surface area contributed by atoms with E-state index in [4.69, 9.17) is 11.1 Å². The number of anilines is 1. The number of rotatable bonds is 5. The molecule has 0 unspecified atom stereocenters. The number of hydrogen-bond donors (Lipinski definition) is 2. The maximum atomic E-state index is 12.8. The summed E-state index contributed by atoms with van der Waals surface area (Å²) in [5, 5.41) is 7.57. The number of benzene rings is 1. The van der Waals surface area contributed by atoms with Crippen LogP contribution in [0.3, 0.4) is 0 Å². The van der Waals surface area contributed by atoms with Gasteiger partial charge in [-0.2, -0.15) is 13.2 Å². The van der Waals surface area contributed by atoms with Gasteiger partial charge in [0.15, 0.2) is 0 Å². The van der Waals surface area contributed by atoms with E-state index < -0.39 is 11.7 Å². The Morgan fingerprint density at radius 3 is 2.48 bits per heavy atom. The molecule has 1 aliphatic carbocycles. The van der Waals surface area contributed by atoms with E-state index in [1.54, 1.807) is 0 Å². The fraction of sp³-hybridized carbons (Fsp3) is 0.533. The van der Waals surface area contributed by atoms with Crippen LogP contribution >= 0.6 is 0 Å². The van der Waals surface area contributed by atoms with E-state index in [9.17, 15) is 13.2 Å². The summed E-state index contributed by atoms with van der Waals surface area (Å²) >= 11 is 0. The summed E-state index contributed by atoms with van der Waals surface area (Å²) in [4.78, 5) is 2.01. The predicted octanol–water partition coefficient (Wildman–Crippen LogP) is 3.62. The standard InChI is InChI=1S/C15H20F3N3/c1-2-21(9-10-4-3-5-10)13-7-6-11(15(16,17)18)8-12(13)14(19)20/h6-8,10H,2-5,9H2,1H3,(H3,19,20). The summed E-state index contributed by atoms with van der Waals surface area (Å²) in [5.41, 5.74) is 5.49. The smallest absolute Gasteiger partial charge is 0.384 e. The fourth-order valence-corrected chi connectivity index (χ4v) is 2.59. The number of nitrogen functional groups attached to an aromatic ring is 1. The number of nitrogens with two attached hydrogens (primary N) is 1. The average Bonchev–Trinajstić information content (AvgIpc) is 2.36. The molecule has 3 N–H and O–H groups in total. The second-order valence-electron chi connectivity index (χ2n) is 5.48. The van der Waals surface area contributed by atoms with Crippen molar-refractivity contribution in [3.8, 4) is 0 Å². The van der Waals surface area contributed by atoms with Crippen LogP contribution in [0.5, 0.6) is 0 Å². The largest absolute Gasteiger partial charge is 0.416 e. The van der Waals surface area contributed by atoms with Crippen molar-refractivity contribution in [2.75, 3.05) is 18.0 Å². The zero-order chi connectivity index (χ0) is 15.6. The minimum Gasteiger partial charge on any atom is -0.384 e. The van der Waals surface area contributed by atoms with Gasteiger partial charge < -0.3 is 10.6 Å². The first-order chi connectivity index (χ1) is 9.82. The van der Waals surface area contributed by atoms with Gasteiger partial charge in [-0.1, -0.05) is 6.42 Å². The van der Waals surface area contributed by atoms with E-state index in [0.717, 1.165) is 31.5 Å². The molecule has 6 heteroatoms. The highest BCUT2D eigenvalue weighted by Crippen LogP contribution is 2.34. The van der Waals surface area contributed by atoms with E-state index in [2.05, 4.69) is 0 Å². The number of amidine groups is 1. The van der Waals surface area contributed by atoms with Crippen LogP contribution in [-0.2, 0) is 6.18 Å². The highest BCUT2D eigenvalue weighted by molar-refractivity contribution is 6.00. The summed E-state index contributed by atoms with van der Waals surface area (Å²) in [5.74, 6) is 0.259. The molecule has 0 saturated heterocycles. The van der Waals surface area contributed by atoms with Crippen LogP contribution in [0.1, 0.15) is 37.3 Å². The molecule has 1 aliphatic rings. The molecule has 3 nitrogen and oxygen atoms in total. The second-order valence-corrected chi connectivity index (χ2v) is 5.48. The number of halogens is 3. The minimum atomic E-state index is -4.42. The first-order valence-electron chi connectivity index (χ1n) is 7.13. The van der Waals surface area contributed by atoms with Crippen molar-refractivity contribution < 1.29 is 13.2 Å². The minimum absolute atomic E-state index is 0.158. The Bertz CT molecular complexity index is 521. The third kappa shape index (κ3) is 3.49. The van der Waals surface area contributed by atoms with E-state index in [0.29, 0.717) is 18.2 Å². The van der Waals surface area contributed by atoms with Crippen LogP contribution < -0.4 is 10.6 Å². The molecule has 0 aliphatic heterocycles. The number of nitrogens with one attached hydrogen (secondary N) is 1. The third-order valence-electron chi connectivity index (χ3n) is 4.04. The van der Waals surface area contributed by atoms with Crippen molar-refractivity contribution in [3.05, 3.63) is 29.3 Å². The van der Waals surface area contributed by atoms with Crippen molar-refractivity contribution in [2.45, 2.75) is 32.4 Å². The van der Waals surface area contributed by atoms with Crippen molar-refractivity contribution in [1.82, 2.24) is 0 Å². The van der Waals surface area contributed by atoms with Crippen LogP contribution in [-0.4, -0.2) is 18.9 Å². The Kier molecular flexibility index (Phi) is 4.44. The van der Waals surface area contributed by atoms with Crippen molar-refractivity contribution in [2.24, 2.45) is 11.7 Å². The van der Waals surface area contributed by atoms with E-state index in [-0.39, 0.29) is 11.4 Å². The molecule has 0 spiro atoms. The zero-order valence-electron chi connectivity index (χ0n) is 12.0. The first kappa shape index (κ1) is 15.7. The van der Waals surface area contributed by atoms with Crippen LogP contribution in [0.25, 0.3) is 0 Å². The van der Waals surface area contributed by atoms with Crippen molar-refractivity contribution in [1.29, 1.82) is 5.41 Å². The lowest BCUT2D eigenvalue weighted by Crippen LogP contribution is -2.34. The first-order valence-corrected chi connectivity index (χ1v) is 7.13. The highest BCUT2D eigenvalue weighted by Gasteiger charge is 2.32. The van der Waals surface area contributed by atoms with Crippen LogP contribution in [0.2, 0.25) is 0 Å². The lowest BCUT2D eigenvalue weighted by molar-refractivity contribution is -0.137. The quantitative estimate of drug-likeness (QED) is 0.644. The van der Waals surface area contributed by atoms with Crippen LogP contribution in [0, 0.1) is 11.3 Å². The lowest BCUT2D eigenvalue weighted by atomic mass is 9.85. The average molecular weight is 299 g/mol. The van der Waals surface area contributed by atoms with Crippen molar-refractivity contribution >= 4 is 11.5 Å². The normalized spacial score (nSPS) is 15.6. The number of alkyl halides is 3. The van der Waals surface area contributed by atoms with Crippen LogP contribution in [0.4, 0.5) is 18.9 Å². The zero-order valence-corrected chi connectivity index (χ0v) is 12.0. The summed E-state index contributed by atoms with van der Waals surface area (Å²) in [6.07, 6.45) is -0.887. The molecule has 0 radical (unpaired) electrons. The Hall–Kier alpha value is -1.72. The maximum absolute atomic E-state index is 12.8. The molecular weight excluding hydrogens is 279 g/mol. The third-order valence-corrected chi connectivity index (χ3v) is 4.04. The van der Waals surface area contributed by atoms with Gasteiger partial charge in [0, 0.05) is 24.3 Å². The van der Waals surface area contributed by atoms with Gasteiger partial charge in [-0.3, -0.25) is 5.41 Å². The molecule has 0 amide bonds. The van der Waals surface area contributed by atoms with Gasteiger partial charge in [0.2, 0.25) is 0 Å². The van der Waals surface area contributed by atoms with E-state index in [1.807, 2.05) is 11.8 Å². The van der Waals surface area contributed by atoms with Crippen molar-refractivity contribution in [3.63, 3.8) is 0 Å². The number of hydrogen-bond acceptors (Lipinski definition) is 2. The summed E-state index contributed by atoms with van der Waals surface area (Å²) in [6, 6.07) is 3.47. The molecule has 21 heavy (non-hydrogen) atoms. The van der Waals surface area contributed by atoms with Gasteiger partial charge in [-0.15, -0.1) is 0 Å². The van der Waals surface area contributed by atoms with Crippen LogP contribution in [0.15, 0.2) is 18.2 Å². The Labute approximate surface area is 122 Å². The topological polar surface area (TPSA) is 53.1 Å². The fourth-order valence-electron chi connectivity index (χ4n) is 2.59. The lowest BCUT2D eigenvalue weighted by Gasteiger charge is -2.34. The van der Waals surface area contributed by atoms with Gasteiger partial charge in [-0.05, 0) is 43.9 Å². The summed E-state index contributed by atoms with van der Waals surface area (Å²) < 4.78 is 38.4. The van der Waals surface area contributed by atoms with E-state index in [1.165, 1.54) is 12.5 Å². The molecule has 116 valence electrons. The predicted molar refractivity (Wildman–Crippen MR) is 77.7 cm³/mol. The maximum Gasteiger partial charge on any atom is 0.416 e. The van der Waals surface area contributed by atoms with Gasteiger partial charge in [-0.25, -0.2) is 0 Å². The highest BCUT2D eigenvalue weighted by atomic mass is 19.4. The molecule has 0 heterocycles. The summed E-state index contributed by atoms with van der Waals surface area (Å²) in [6.45, 7) is 3.45. The van der Waals surface area contributed by atoms with Gasteiger partial charge >= 0.3 is 6.18 Å². The monoisotopic (exact) mass is 299 g/mol. The molecule has 1 saturated carbocycles. The molecule has 0 aromatic heterocycles.